The van der Waals surface area contributed by atoms with E-state index in [4.69, 9.17) is 9.47 Å². The van der Waals surface area contributed by atoms with E-state index in [1.807, 2.05) is 0 Å². The number of aromatic carboxylic acids is 1. The molecule has 1 aliphatic heterocycles. The van der Waals surface area contributed by atoms with Crippen molar-refractivity contribution in [2.75, 3.05) is 33.9 Å². The lowest BCUT2D eigenvalue weighted by molar-refractivity contribution is 0.0688. The Morgan fingerprint density at radius 1 is 1.50 bits per heavy atom. The van der Waals surface area contributed by atoms with Crippen LogP contribution in [0.3, 0.4) is 0 Å². The largest absolute Gasteiger partial charge is 0.493 e. The highest BCUT2D eigenvalue weighted by atomic mass is 16.5. The van der Waals surface area contributed by atoms with E-state index >= 15 is 0 Å². The fourth-order valence-corrected chi connectivity index (χ4v) is 2.60. The van der Waals surface area contributed by atoms with Crippen molar-refractivity contribution in [1.82, 2.24) is 4.90 Å². The van der Waals surface area contributed by atoms with Crippen LogP contribution in [0.15, 0.2) is 18.2 Å². The number of hydrogen-bond acceptors (Lipinski definition) is 4. The quantitative estimate of drug-likeness (QED) is 0.894. The number of methoxy groups -OCH3 is 1. The lowest BCUT2D eigenvalue weighted by Crippen LogP contribution is -2.34. The number of carboxylic acid groups (broad SMARTS) is 1. The fraction of sp³-hybridized carbons (Fsp3) is 0.533. The van der Waals surface area contributed by atoms with Crippen molar-refractivity contribution in [2.24, 2.45) is 5.92 Å². The van der Waals surface area contributed by atoms with Crippen LogP contribution in [0.5, 0.6) is 11.5 Å². The molecular weight excluding hydrogens is 258 g/mol. The molecule has 1 atom stereocenters. The first kappa shape index (κ1) is 14.7. The van der Waals surface area contributed by atoms with Crippen molar-refractivity contribution in [3.8, 4) is 11.5 Å². The molecule has 1 aromatic rings. The number of rotatable bonds is 5. The van der Waals surface area contributed by atoms with Gasteiger partial charge in [0.15, 0.2) is 11.5 Å². The Morgan fingerprint density at radius 3 is 2.95 bits per heavy atom. The monoisotopic (exact) mass is 279 g/mol. The van der Waals surface area contributed by atoms with Crippen LogP contribution in [-0.2, 0) is 0 Å². The molecule has 5 heteroatoms. The molecule has 0 aromatic heterocycles. The van der Waals surface area contributed by atoms with Crippen LogP contribution in [0.4, 0.5) is 0 Å². The molecule has 2 rings (SSSR count). The van der Waals surface area contributed by atoms with E-state index in [0.29, 0.717) is 24.0 Å². The maximum Gasteiger partial charge on any atom is 0.339 e. The van der Waals surface area contributed by atoms with E-state index in [1.54, 1.807) is 12.1 Å². The number of piperidine rings is 1. The zero-order valence-electron chi connectivity index (χ0n) is 12.0. The molecule has 1 unspecified atom stereocenters. The van der Waals surface area contributed by atoms with Crippen LogP contribution < -0.4 is 9.47 Å². The van der Waals surface area contributed by atoms with Gasteiger partial charge in [0, 0.05) is 12.5 Å². The lowest BCUT2D eigenvalue weighted by atomic mass is 9.99. The molecule has 0 amide bonds. The molecule has 1 aliphatic rings. The van der Waals surface area contributed by atoms with Crippen LogP contribution >= 0.6 is 0 Å². The van der Waals surface area contributed by atoms with Gasteiger partial charge in [-0.05, 0) is 38.6 Å². The third-order valence-corrected chi connectivity index (χ3v) is 3.61. The summed E-state index contributed by atoms with van der Waals surface area (Å²) in [6.45, 7) is 2.62. The third-order valence-electron chi connectivity index (χ3n) is 3.61. The van der Waals surface area contributed by atoms with E-state index in [1.165, 1.54) is 13.2 Å². The van der Waals surface area contributed by atoms with Crippen molar-refractivity contribution in [1.29, 1.82) is 0 Å². The highest BCUT2D eigenvalue weighted by molar-refractivity contribution is 5.92. The van der Waals surface area contributed by atoms with Gasteiger partial charge >= 0.3 is 5.97 Å². The third kappa shape index (κ3) is 3.42. The number of benzene rings is 1. The minimum Gasteiger partial charge on any atom is -0.493 e. The molecule has 1 aromatic carbocycles. The summed E-state index contributed by atoms with van der Waals surface area (Å²) in [7, 11) is 3.61. The molecule has 0 bridgehead atoms. The van der Waals surface area contributed by atoms with Gasteiger partial charge in [0.2, 0.25) is 0 Å². The average Bonchev–Trinajstić information content (AvgIpc) is 2.44. The molecule has 1 fully saturated rings. The molecule has 1 N–H and O–H groups in total. The van der Waals surface area contributed by atoms with Gasteiger partial charge in [0.05, 0.1) is 13.7 Å². The summed E-state index contributed by atoms with van der Waals surface area (Å²) in [5, 5.41) is 9.22. The van der Waals surface area contributed by atoms with Gasteiger partial charge < -0.3 is 19.5 Å². The highest BCUT2D eigenvalue weighted by Crippen LogP contribution is 2.32. The van der Waals surface area contributed by atoms with Crippen LogP contribution in [0, 0.1) is 5.92 Å². The van der Waals surface area contributed by atoms with Crippen LogP contribution in [0.25, 0.3) is 0 Å². The molecule has 0 spiro atoms. The molecular formula is C15H21NO4. The Hall–Kier alpha value is -1.75. The van der Waals surface area contributed by atoms with E-state index < -0.39 is 5.97 Å². The second-order valence-electron chi connectivity index (χ2n) is 5.22. The first-order valence-corrected chi connectivity index (χ1v) is 6.83. The summed E-state index contributed by atoms with van der Waals surface area (Å²) in [4.78, 5) is 13.5. The van der Waals surface area contributed by atoms with Gasteiger partial charge in [-0.2, -0.15) is 0 Å². The molecule has 110 valence electrons. The Morgan fingerprint density at radius 2 is 2.30 bits per heavy atom. The second kappa shape index (κ2) is 6.61. The first-order chi connectivity index (χ1) is 9.61. The van der Waals surface area contributed by atoms with E-state index in [2.05, 4.69) is 11.9 Å². The molecule has 0 saturated carbocycles. The average molecular weight is 279 g/mol. The van der Waals surface area contributed by atoms with Gasteiger partial charge in [-0.3, -0.25) is 0 Å². The van der Waals surface area contributed by atoms with Gasteiger partial charge in [-0.25, -0.2) is 4.79 Å². The van der Waals surface area contributed by atoms with Gasteiger partial charge in [0.25, 0.3) is 0 Å². The predicted molar refractivity (Wildman–Crippen MR) is 75.7 cm³/mol. The maximum absolute atomic E-state index is 11.2. The van der Waals surface area contributed by atoms with Crippen molar-refractivity contribution in [3.05, 3.63) is 23.8 Å². The first-order valence-electron chi connectivity index (χ1n) is 6.83. The summed E-state index contributed by atoms with van der Waals surface area (Å²) in [6, 6.07) is 4.91. The number of likely N-dealkylation sites (tertiary alicyclic amines) is 1. The molecule has 1 saturated heterocycles. The van der Waals surface area contributed by atoms with Crippen LogP contribution in [-0.4, -0.2) is 49.8 Å². The van der Waals surface area contributed by atoms with E-state index in [9.17, 15) is 9.90 Å². The van der Waals surface area contributed by atoms with E-state index in [0.717, 1.165) is 25.9 Å². The zero-order valence-corrected chi connectivity index (χ0v) is 12.0. The standard InChI is InChI=1S/C15H21NO4/c1-16-8-4-5-11(9-16)10-20-14-12(15(17)18)6-3-7-13(14)19-2/h3,6-7,11H,4-5,8-10H2,1-2H3,(H,17,18). The number of carbonyl (C=O) groups is 1. The topological polar surface area (TPSA) is 59.0 Å². The Labute approximate surface area is 119 Å². The molecule has 0 aliphatic carbocycles. The van der Waals surface area contributed by atoms with Gasteiger partial charge in [0.1, 0.15) is 5.56 Å². The molecule has 0 radical (unpaired) electrons. The van der Waals surface area contributed by atoms with Gasteiger partial charge in [-0.15, -0.1) is 0 Å². The smallest absolute Gasteiger partial charge is 0.339 e. The zero-order chi connectivity index (χ0) is 14.5. The summed E-state index contributed by atoms with van der Waals surface area (Å²) < 4.78 is 11.0. The molecule has 5 nitrogen and oxygen atoms in total. The van der Waals surface area contributed by atoms with Gasteiger partial charge in [-0.1, -0.05) is 6.07 Å². The predicted octanol–water partition coefficient (Wildman–Crippen LogP) is 2.11. The summed E-state index contributed by atoms with van der Waals surface area (Å²) in [6.07, 6.45) is 2.27. The van der Waals surface area contributed by atoms with Crippen LogP contribution in [0.1, 0.15) is 23.2 Å². The number of ether oxygens (including phenoxy) is 2. The van der Waals surface area contributed by atoms with Crippen molar-refractivity contribution in [2.45, 2.75) is 12.8 Å². The number of hydrogen-bond donors (Lipinski definition) is 1. The van der Waals surface area contributed by atoms with Crippen molar-refractivity contribution < 1.29 is 19.4 Å². The SMILES string of the molecule is COc1cccc(C(=O)O)c1OCC1CCCN(C)C1. The minimum atomic E-state index is -1.00. The molecule has 1 heterocycles. The Balaban J connectivity index is 2.09. The molecule has 20 heavy (non-hydrogen) atoms. The minimum absolute atomic E-state index is 0.147. The highest BCUT2D eigenvalue weighted by Gasteiger charge is 2.21. The van der Waals surface area contributed by atoms with Crippen molar-refractivity contribution in [3.63, 3.8) is 0 Å². The summed E-state index contributed by atoms with van der Waals surface area (Å²) in [5.74, 6) is 0.227. The van der Waals surface area contributed by atoms with Crippen LogP contribution in [0.2, 0.25) is 0 Å². The fourth-order valence-electron chi connectivity index (χ4n) is 2.60. The Kier molecular flexibility index (Phi) is 4.84. The Bertz CT molecular complexity index is 475. The maximum atomic E-state index is 11.2. The number of carboxylic acids is 1. The summed E-state index contributed by atoms with van der Waals surface area (Å²) >= 11 is 0. The summed E-state index contributed by atoms with van der Waals surface area (Å²) in [5.41, 5.74) is 0.147. The van der Waals surface area contributed by atoms with Crippen molar-refractivity contribution >= 4 is 5.97 Å². The number of para-hydroxylation sites is 1. The van der Waals surface area contributed by atoms with E-state index in [-0.39, 0.29) is 5.56 Å². The second-order valence-corrected chi connectivity index (χ2v) is 5.22. The lowest BCUT2D eigenvalue weighted by Gasteiger charge is -2.29. The normalized spacial score (nSPS) is 19.6. The number of nitrogens with zero attached hydrogens (tertiary/aromatic N) is 1.